The van der Waals surface area contributed by atoms with Crippen LogP contribution in [0.25, 0.3) is 22.2 Å². The average Bonchev–Trinajstić information content (AvgIpc) is 3.51. The summed E-state index contributed by atoms with van der Waals surface area (Å²) in [5.74, 6) is 1.80. The van der Waals surface area contributed by atoms with Crippen LogP contribution in [0.1, 0.15) is 31.7 Å². The SMILES string of the molecule is COc1ncnc2c1c(-c1ccc(Oc3ccccc3)cc1)cn2C1CCC2(CC1)OCCO2. The number of ether oxygens (including phenoxy) is 4. The zero-order valence-corrected chi connectivity index (χ0v) is 19.1. The van der Waals surface area contributed by atoms with Gasteiger partial charge in [-0.2, -0.15) is 0 Å². The van der Waals surface area contributed by atoms with Crippen molar-refractivity contribution in [2.24, 2.45) is 0 Å². The number of rotatable bonds is 5. The largest absolute Gasteiger partial charge is 0.480 e. The summed E-state index contributed by atoms with van der Waals surface area (Å²) in [7, 11) is 1.65. The minimum Gasteiger partial charge on any atom is -0.480 e. The van der Waals surface area contributed by atoms with Crippen LogP contribution in [-0.4, -0.2) is 40.6 Å². The predicted molar refractivity (Wildman–Crippen MR) is 128 cm³/mol. The maximum absolute atomic E-state index is 5.97. The van der Waals surface area contributed by atoms with Crippen LogP contribution in [0.4, 0.5) is 0 Å². The van der Waals surface area contributed by atoms with Gasteiger partial charge >= 0.3 is 0 Å². The van der Waals surface area contributed by atoms with Crippen molar-refractivity contribution in [1.29, 1.82) is 0 Å². The molecule has 0 amide bonds. The Morgan fingerprint density at radius 1 is 0.912 bits per heavy atom. The number of hydrogen-bond acceptors (Lipinski definition) is 6. The molecule has 7 nitrogen and oxygen atoms in total. The fraction of sp³-hybridized carbons (Fsp3) is 0.333. The molecule has 1 saturated carbocycles. The summed E-state index contributed by atoms with van der Waals surface area (Å²) in [4.78, 5) is 9.05. The van der Waals surface area contributed by atoms with Gasteiger partial charge in [0.1, 0.15) is 23.5 Å². The van der Waals surface area contributed by atoms with Crippen LogP contribution in [0.15, 0.2) is 67.1 Å². The number of methoxy groups -OCH3 is 1. The number of nitrogens with zero attached hydrogens (tertiary/aromatic N) is 3. The molecule has 4 aromatic rings. The van der Waals surface area contributed by atoms with Crippen LogP contribution in [0, 0.1) is 0 Å². The molecule has 1 aliphatic carbocycles. The Morgan fingerprint density at radius 3 is 2.32 bits per heavy atom. The number of fused-ring (bicyclic) bond motifs is 1. The van der Waals surface area contributed by atoms with E-state index in [1.165, 1.54) is 0 Å². The summed E-state index contributed by atoms with van der Waals surface area (Å²) in [5.41, 5.74) is 3.00. The summed E-state index contributed by atoms with van der Waals surface area (Å²) < 4.78 is 25.8. The van der Waals surface area contributed by atoms with Gasteiger partial charge < -0.3 is 23.5 Å². The minimum absolute atomic E-state index is 0.315. The normalized spacial score (nSPS) is 17.9. The zero-order valence-electron chi connectivity index (χ0n) is 19.1. The van der Waals surface area contributed by atoms with Crippen LogP contribution in [-0.2, 0) is 9.47 Å². The van der Waals surface area contributed by atoms with Gasteiger partial charge in [-0.3, -0.25) is 0 Å². The maximum atomic E-state index is 5.97. The van der Waals surface area contributed by atoms with Crippen molar-refractivity contribution in [1.82, 2.24) is 14.5 Å². The first-order valence-corrected chi connectivity index (χ1v) is 11.8. The number of aromatic nitrogens is 3. The Labute approximate surface area is 198 Å². The van der Waals surface area contributed by atoms with Gasteiger partial charge in [0.25, 0.3) is 0 Å². The lowest BCUT2D eigenvalue weighted by Gasteiger charge is -2.36. The highest BCUT2D eigenvalue weighted by atomic mass is 16.7. The molecule has 0 radical (unpaired) electrons. The molecule has 2 aliphatic rings. The Morgan fingerprint density at radius 2 is 1.62 bits per heavy atom. The fourth-order valence-electron chi connectivity index (χ4n) is 5.14. The summed E-state index contributed by atoms with van der Waals surface area (Å²) in [6, 6.07) is 18.2. The van der Waals surface area contributed by atoms with Gasteiger partial charge in [-0.15, -0.1) is 0 Å². The highest BCUT2D eigenvalue weighted by Crippen LogP contribution is 2.44. The molecule has 7 heteroatoms. The van der Waals surface area contributed by atoms with E-state index in [9.17, 15) is 0 Å². The molecule has 0 unspecified atom stereocenters. The molecule has 1 spiro atoms. The molecule has 1 aliphatic heterocycles. The molecular weight excluding hydrogens is 430 g/mol. The van der Waals surface area contributed by atoms with Crippen molar-refractivity contribution in [3.8, 4) is 28.5 Å². The Balaban J connectivity index is 1.34. The van der Waals surface area contributed by atoms with Crippen molar-refractivity contribution in [3.63, 3.8) is 0 Å². The van der Waals surface area contributed by atoms with E-state index in [1.807, 2.05) is 42.5 Å². The lowest BCUT2D eigenvalue weighted by atomic mass is 9.90. The lowest BCUT2D eigenvalue weighted by molar-refractivity contribution is -0.181. The molecule has 3 heterocycles. The fourth-order valence-corrected chi connectivity index (χ4v) is 5.14. The minimum atomic E-state index is -0.385. The molecular formula is C27H27N3O4. The summed E-state index contributed by atoms with van der Waals surface area (Å²) in [6.45, 7) is 1.38. The third-order valence-electron chi connectivity index (χ3n) is 6.84. The first-order valence-electron chi connectivity index (χ1n) is 11.8. The number of para-hydroxylation sites is 1. The third-order valence-corrected chi connectivity index (χ3v) is 6.84. The van der Waals surface area contributed by atoms with Gasteiger partial charge in [0, 0.05) is 30.6 Å². The van der Waals surface area contributed by atoms with Crippen molar-refractivity contribution < 1.29 is 18.9 Å². The van der Waals surface area contributed by atoms with E-state index in [1.54, 1.807) is 13.4 Å². The average molecular weight is 458 g/mol. The van der Waals surface area contributed by atoms with Gasteiger partial charge in [-0.25, -0.2) is 9.97 Å². The van der Waals surface area contributed by atoms with Crippen molar-refractivity contribution in [2.45, 2.75) is 37.5 Å². The Kier molecular flexibility index (Phi) is 5.43. The second-order valence-electron chi connectivity index (χ2n) is 8.81. The van der Waals surface area contributed by atoms with Crippen molar-refractivity contribution in [2.75, 3.05) is 20.3 Å². The van der Waals surface area contributed by atoms with E-state index in [2.05, 4.69) is 32.9 Å². The van der Waals surface area contributed by atoms with Gasteiger partial charge in [0.05, 0.1) is 25.7 Å². The number of hydrogen-bond donors (Lipinski definition) is 0. The standard InChI is InChI=1S/C27H27N3O4/c1-31-26-24-23(19-7-9-22(10-8-19)34-21-5-3-2-4-6-21)17-30(25(24)28-18-29-26)20-11-13-27(14-12-20)32-15-16-33-27/h2-10,17-18,20H,11-16H2,1H3. The summed E-state index contributed by atoms with van der Waals surface area (Å²) >= 11 is 0. The van der Waals surface area contributed by atoms with Crippen LogP contribution >= 0.6 is 0 Å². The zero-order chi connectivity index (χ0) is 23.0. The molecule has 2 aromatic heterocycles. The van der Waals surface area contributed by atoms with Gasteiger partial charge in [0.15, 0.2) is 5.79 Å². The molecule has 0 atom stereocenters. The van der Waals surface area contributed by atoms with Crippen LogP contribution < -0.4 is 9.47 Å². The van der Waals surface area contributed by atoms with Crippen LogP contribution in [0.3, 0.4) is 0 Å². The van der Waals surface area contributed by atoms with E-state index in [0.29, 0.717) is 25.1 Å². The highest BCUT2D eigenvalue weighted by molar-refractivity contribution is 5.97. The van der Waals surface area contributed by atoms with Gasteiger partial charge in [-0.05, 0) is 42.7 Å². The lowest BCUT2D eigenvalue weighted by Crippen LogP contribution is -2.35. The first-order chi connectivity index (χ1) is 16.7. The monoisotopic (exact) mass is 457 g/mol. The Bertz CT molecular complexity index is 1270. The van der Waals surface area contributed by atoms with E-state index in [0.717, 1.165) is 59.3 Å². The van der Waals surface area contributed by atoms with E-state index < -0.39 is 0 Å². The van der Waals surface area contributed by atoms with Gasteiger partial charge in [0.2, 0.25) is 5.88 Å². The van der Waals surface area contributed by atoms with E-state index in [-0.39, 0.29) is 5.79 Å². The maximum Gasteiger partial charge on any atom is 0.226 e. The highest BCUT2D eigenvalue weighted by Gasteiger charge is 2.41. The van der Waals surface area contributed by atoms with Gasteiger partial charge in [-0.1, -0.05) is 30.3 Å². The number of benzene rings is 2. The third kappa shape index (κ3) is 3.81. The topological polar surface area (TPSA) is 67.6 Å². The van der Waals surface area contributed by atoms with Crippen LogP contribution in [0.2, 0.25) is 0 Å². The quantitative estimate of drug-likeness (QED) is 0.380. The molecule has 34 heavy (non-hydrogen) atoms. The van der Waals surface area contributed by atoms with E-state index >= 15 is 0 Å². The molecule has 6 rings (SSSR count). The molecule has 0 bridgehead atoms. The summed E-state index contributed by atoms with van der Waals surface area (Å²) in [6.07, 6.45) is 7.49. The smallest absolute Gasteiger partial charge is 0.226 e. The molecule has 2 fully saturated rings. The van der Waals surface area contributed by atoms with Crippen molar-refractivity contribution in [3.05, 3.63) is 67.1 Å². The Hall–Kier alpha value is -3.42. The van der Waals surface area contributed by atoms with Crippen molar-refractivity contribution >= 4 is 11.0 Å². The second-order valence-corrected chi connectivity index (χ2v) is 8.81. The second kappa shape index (κ2) is 8.74. The van der Waals surface area contributed by atoms with E-state index in [4.69, 9.17) is 18.9 Å². The molecule has 1 saturated heterocycles. The first kappa shape index (κ1) is 21.1. The predicted octanol–water partition coefficient (Wildman–Crippen LogP) is 5.76. The summed E-state index contributed by atoms with van der Waals surface area (Å²) in [5, 5.41) is 0.926. The molecule has 0 N–H and O–H groups in total. The van der Waals surface area contributed by atoms with Crippen LogP contribution in [0.5, 0.6) is 17.4 Å². The molecule has 174 valence electrons. The molecule has 2 aromatic carbocycles.